The highest BCUT2D eigenvalue weighted by molar-refractivity contribution is 14.1. The first kappa shape index (κ1) is 15.5. The Morgan fingerprint density at radius 2 is 1.73 bits per heavy atom. The lowest BCUT2D eigenvalue weighted by molar-refractivity contribution is 0.397. The summed E-state index contributed by atoms with van der Waals surface area (Å²) in [7, 11) is 0. The van der Waals surface area contributed by atoms with Gasteiger partial charge in [-0.3, -0.25) is 0 Å². The third-order valence-electron chi connectivity index (χ3n) is 4.74. The van der Waals surface area contributed by atoms with Gasteiger partial charge in [0, 0.05) is 20.2 Å². The largest absolute Gasteiger partial charge is 0.358 e. The Hall–Kier alpha value is -1.36. The lowest BCUT2D eigenvalue weighted by Gasteiger charge is -2.34. The van der Waals surface area contributed by atoms with Gasteiger partial charge in [-0.15, -0.1) is 0 Å². The van der Waals surface area contributed by atoms with Crippen LogP contribution in [0.25, 0.3) is 10.9 Å². The molecule has 0 aliphatic heterocycles. The van der Waals surface area contributed by atoms with E-state index in [0.29, 0.717) is 5.92 Å². The van der Waals surface area contributed by atoms with Crippen molar-refractivity contribution in [3.63, 3.8) is 0 Å². The summed E-state index contributed by atoms with van der Waals surface area (Å²) < 4.78 is 14.7. The van der Waals surface area contributed by atoms with Gasteiger partial charge in [0.2, 0.25) is 0 Å². The molecule has 0 saturated carbocycles. The Morgan fingerprint density at radius 3 is 2.36 bits per heavy atom. The van der Waals surface area contributed by atoms with Gasteiger partial charge in [0.1, 0.15) is 5.82 Å². The summed E-state index contributed by atoms with van der Waals surface area (Å²) in [4.78, 5) is 3.43. The first-order valence-corrected chi connectivity index (χ1v) is 8.54. The Bertz CT molecular complexity index is 804. The van der Waals surface area contributed by atoms with E-state index in [1.165, 1.54) is 15.2 Å². The molecule has 0 aliphatic rings. The molecule has 1 N–H and O–H groups in total. The highest BCUT2D eigenvalue weighted by Crippen LogP contribution is 2.39. The Morgan fingerprint density at radius 1 is 1.05 bits per heavy atom. The van der Waals surface area contributed by atoms with Crippen molar-refractivity contribution in [2.24, 2.45) is 5.92 Å². The molecule has 114 valence electrons. The molecule has 0 bridgehead atoms. The second-order valence-corrected chi connectivity index (χ2v) is 7.52. The van der Waals surface area contributed by atoms with E-state index in [2.05, 4.69) is 78.7 Å². The molecule has 1 heterocycles. The van der Waals surface area contributed by atoms with Crippen LogP contribution in [0, 0.1) is 15.3 Å². The van der Waals surface area contributed by atoms with Crippen LogP contribution in [0.3, 0.4) is 0 Å². The van der Waals surface area contributed by atoms with Crippen LogP contribution < -0.4 is 0 Å². The number of halogens is 2. The van der Waals surface area contributed by atoms with Crippen LogP contribution in [0.5, 0.6) is 0 Å². The number of nitrogens with one attached hydrogen (secondary N) is 1. The molecule has 3 heteroatoms. The minimum Gasteiger partial charge on any atom is -0.358 e. The number of rotatable bonds is 3. The van der Waals surface area contributed by atoms with E-state index in [-0.39, 0.29) is 11.2 Å². The number of benzene rings is 2. The standard InChI is InChI=1S/C19H19FIN/c1-12(2)19(3,14-5-8-16(21)9-6-14)18-10-13-4-7-15(20)11-17(13)22-18/h4-12,22H,1-3H3. The van der Waals surface area contributed by atoms with Crippen molar-refractivity contribution in [2.45, 2.75) is 26.2 Å². The molecule has 0 radical (unpaired) electrons. The molecule has 0 fully saturated rings. The van der Waals surface area contributed by atoms with Gasteiger partial charge in [0.15, 0.2) is 0 Å². The van der Waals surface area contributed by atoms with E-state index in [9.17, 15) is 4.39 Å². The highest BCUT2D eigenvalue weighted by Gasteiger charge is 2.34. The number of hydrogen-bond acceptors (Lipinski definition) is 0. The smallest absolute Gasteiger partial charge is 0.125 e. The van der Waals surface area contributed by atoms with Crippen molar-refractivity contribution in [2.75, 3.05) is 0 Å². The Kier molecular flexibility index (Phi) is 4.02. The molecule has 0 amide bonds. The van der Waals surface area contributed by atoms with E-state index in [4.69, 9.17) is 0 Å². The van der Waals surface area contributed by atoms with Gasteiger partial charge >= 0.3 is 0 Å². The minimum atomic E-state index is -0.207. The lowest BCUT2D eigenvalue weighted by atomic mass is 9.71. The van der Waals surface area contributed by atoms with Crippen molar-refractivity contribution in [1.82, 2.24) is 4.98 Å². The lowest BCUT2D eigenvalue weighted by Crippen LogP contribution is -2.30. The topological polar surface area (TPSA) is 15.8 Å². The van der Waals surface area contributed by atoms with Crippen LogP contribution in [-0.2, 0) is 5.41 Å². The zero-order chi connectivity index (χ0) is 15.9. The molecule has 1 atom stereocenters. The first-order chi connectivity index (χ1) is 10.4. The van der Waals surface area contributed by atoms with Crippen LogP contribution in [0.4, 0.5) is 4.39 Å². The summed E-state index contributed by atoms with van der Waals surface area (Å²) in [6.45, 7) is 6.70. The minimum absolute atomic E-state index is 0.139. The fraction of sp³-hybridized carbons (Fsp3) is 0.263. The molecule has 0 saturated heterocycles. The summed E-state index contributed by atoms with van der Waals surface area (Å²) in [5, 5.41) is 1.05. The van der Waals surface area contributed by atoms with Crippen molar-refractivity contribution in [3.05, 3.63) is 69.2 Å². The number of aromatic amines is 1. The molecule has 1 unspecified atom stereocenters. The zero-order valence-electron chi connectivity index (χ0n) is 13.0. The zero-order valence-corrected chi connectivity index (χ0v) is 15.1. The van der Waals surface area contributed by atoms with Crippen LogP contribution in [0.15, 0.2) is 48.5 Å². The molecule has 3 aromatic rings. The molecular weight excluding hydrogens is 388 g/mol. The number of fused-ring (bicyclic) bond motifs is 1. The van der Waals surface area contributed by atoms with Gasteiger partial charge < -0.3 is 4.98 Å². The van der Waals surface area contributed by atoms with Gasteiger partial charge in [0.05, 0.1) is 0 Å². The van der Waals surface area contributed by atoms with Gasteiger partial charge in [-0.25, -0.2) is 4.39 Å². The summed E-state index contributed by atoms with van der Waals surface area (Å²) in [5.41, 5.74) is 3.12. The van der Waals surface area contributed by atoms with Crippen molar-refractivity contribution >= 4 is 33.5 Å². The summed E-state index contributed by atoms with van der Waals surface area (Å²) in [6, 6.07) is 15.7. The maximum Gasteiger partial charge on any atom is 0.125 e. The quantitative estimate of drug-likeness (QED) is 0.523. The van der Waals surface area contributed by atoms with E-state index in [0.717, 1.165) is 16.6 Å². The number of aromatic nitrogens is 1. The average Bonchev–Trinajstić information content (AvgIpc) is 2.90. The highest BCUT2D eigenvalue weighted by atomic mass is 127. The molecule has 22 heavy (non-hydrogen) atoms. The predicted molar refractivity (Wildman–Crippen MR) is 98.7 cm³/mol. The third kappa shape index (κ3) is 2.56. The van der Waals surface area contributed by atoms with Gasteiger partial charge in [-0.2, -0.15) is 0 Å². The van der Waals surface area contributed by atoms with Crippen LogP contribution in [-0.4, -0.2) is 4.98 Å². The first-order valence-electron chi connectivity index (χ1n) is 7.46. The Balaban J connectivity index is 2.18. The second-order valence-electron chi connectivity index (χ2n) is 6.28. The number of hydrogen-bond donors (Lipinski definition) is 1. The van der Waals surface area contributed by atoms with E-state index >= 15 is 0 Å². The van der Waals surface area contributed by atoms with Gasteiger partial charge in [-0.05, 0) is 82.8 Å². The SMILES string of the molecule is CC(C)C(C)(c1ccc(I)cc1)c1cc2ccc(F)cc2[nH]1. The van der Waals surface area contributed by atoms with Crippen LogP contribution >= 0.6 is 22.6 Å². The molecule has 3 rings (SSSR count). The van der Waals surface area contributed by atoms with Crippen molar-refractivity contribution < 1.29 is 4.39 Å². The average molecular weight is 407 g/mol. The van der Waals surface area contributed by atoms with Crippen molar-refractivity contribution in [1.29, 1.82) is 0 Å². The summed E-state index contributed by atoms with van der Waals surface area (Å²) >= 11 is 2.32. The van der Waals surface area contributed by atoms with Crippen LogP contribution in [0.1, 0.15) is 32.0 Å². The van der Waals surface area contributed by atoms with Crippen molar-refractivity contribution in [3.8, 4) is 0 Å². The molecule has 2 aromatic carbocycles. The third-order valence-corrected chi connectivity index (χ3v) is 5.46. The molecular formula is C19H19FIN. The molecule has 1 nitrogen and oxygen atoms in total. The Labute approximate surface area is 144 Å². The second kappa shape index (κ2) is 5.69. The van der Waals surface area contributed by atoms with Gasteiger partial charge in [-0.1, -0.05) is 26.0 Å². The fourth-order valence-electron chi connectivity index (χ4n) is 2.97. The normalized spacial score (nSPS) is 14.5. The number of H-pyrrole nitrogens is 1. The summed E-state index contributed by atoms with van der Waals surface area (Å²) in [6.07, 6.45) is 0. The monoisotopic (exact) mass is 407 g/mol. The predicted octanol–water partition coefficient (Wildman–Crippen LogP) is 5.87. The fourth-order valence-corrected chi connectivity index (χ4v) is 3.33. The summed E-state index contributed by atoms with van der Waals surface area (Å²) in [5.74, 6) is 0.201. The van der Waals surface area contributed by atoms with E-state index in [1.807, 2.05) is 6.07 Å². The van der Waals surface area contributed by atoms with Crippen LogP contribution in [0.2, 0.25) is 0 Å². The van der Waals surface area contributed by atoms with E-state index < -0.39 is 0 Å². The van der Waals surface area contributed by atoms with E-state index in [1.54, 1.807) is 6.07 Å². The maximum absolute atomic E-state index is 13.4. The molecule has 0 aliphatic carbocycles. The molecule has 0 spiro atoms. The molecule has 1 aromatic heterocycles. The maximum atomic E-state index is 13.4. The van der Waals surface area contributed by atoms with Gasteiger partial charge in [0.25, 0.3) is 0 Å².